The summed E-state index contributed by atoms with van der Waals surface area (Å²) in [5, 5.41) is 7.98. The Bertz CT molecular complexity index is 1330. The van der Waals surface area contributed by atoms with Gasteiger partial charge in [0.05, 0.1) is 17.4 Å². The number of nitrogens with zero attached hydrogens (tertiary/aromatic N) is 5. The van der Waals surface area contributed by atoms with Gasteiger partial charge >= 0.3 is 0 Å². The van der Waals surface area contributed by atoms with Crippen LogP contribution in [0.2, 0.25) is 0 Å². The number of aromatic nitrogens is 3. The summed E-state index contributed by atoms with van der Waals surface area (Å²) in [6, 6.07) is 8.84. The van der Waals surface area contributed by atoms with Crippen molar-refractivity contribution in [2.24, 2.45) is 0 Å². The lowest BCUT2D eigenvalue weighted by atomic mass is 9.96. The van der Waals surface area contributed by atoms with Crippen LogP contribution in [0.3, 0.4) is 0 Å². The van der Waals surface area contributed by atoms with Crippen LogP contribution >= 0.6 is 53.0 Å². The molecule has 0 unspecified atom stereocenters. The Labute approximate surface area is 261 Å². The van der Waals surface area contributed by atoms with Gasteiger partial charge in [0, 0.05) is 111 Å². The van der Waals surface area contributed by atoms with Crippen molar-refractivity contribution in [1.29, 1.82) is 0 Å². The first-order valence-corrected chi connectivity index (χ1v) is 18.0. The summed E-state index contributed by atoms with van der Waals surface area (Å²) in [7, 11) is 1.65. The normalized spacial score (nSPS) is 19.1. The van der Waals surface area contributed by atoms with Gasteiger partial charge in [-0.3, -0.25) is 8.32 Å². The molecule has 2 aliphatic rings. The third-order valence-electron chi connectivity index (χ3n) is 7.16. The summed E-state index contributed by atoms with van der Waals surface area (Å²) in [5.74, 6) is 0.960. The minimum Gasteiger partial charge on any atom is -0.363 e. The molecule has 1 amide bonds. The zero-order chi connectivity index (χ0) is 28.1. The van der Waals surface area contributed by atoms with Crippen molar-refractivity contribution in [1.82, 2.24) is 23.0 Å². The van der Waals surface area contributed by atoms with E-state index < -0.39 is 0 Å². The fraction of sp³-hybridized carbons (Fsp3) is 0.464. The van der Waals surface area contributed by atoms with Gasteiger partial charge in [0.2, 0.25) is 5.91 Å². The lowest BCUT2D eigenvalue weighted by Gasteiger charge is -2.38. The highest BCUT2D eigenvalue weighted by Crippen LogP contribution is 2.40. The number of halogens is 2. The number of hydrogen-bond acceptors (Lipinski definition) is 7. The number of rotatable bonds is 7. The number of benzene rings is 1. The zero-order valence-corrected chi connectivity index (χ0v) is 28.1. The standard InChI is InChI=1S/C26H31I2N7OS.C2H6/c1-16-14-35-25(30-26(16)33-11-9-19(15-33)31-27)13-23(32-35)24-6-4-5-10-34(24)17(2)21-12-20(37-28)7-8-22(21)29-18(3)36;1-2/h7-8,12-14,19,24,31H,2,4-6,9-11,15H2,1,3H3,(H,29,36);1-2H3/t19-,24-;/m0./s1. The van der Waals surface area contributed by atoms with Crippen LogP contribution in [0.15, 0.2) is 41.9 Å². The third-order valence-corrected chi connectivity index (χ3v) is 10.00. The number of likely N-dealkylation sites (tertiary alicyclic amines) is 1. The van der Waals surface area contributed by atoms with Crippen LogP contribution in [-0.2, 0) is 4.79 Å². The van der Waals surface area contributed by atoms with E-state index in [0.29, 0.717) is 6.04 Å². The fourth-order valence-electron chi connectivity index (χ4n) is 5.37. The Kier molecular flexibility index (Phi) is 10.8. The van der Waals surface area contributed by atoms with E-state index in [9.17, 15) is 4.79 Å². The number of carbonyl (C=O) groups excluding carboxylic acids is 1. The molecule has 0 bridgehead atoms. The number of amides is 1. The zero-order valence-electron chi connectivity index (χ0n) is 23.0. The van der Waals surface area contributed by atoms with E-state index >= 15 is 0 Å². The predicted molar refractivity (Wildman–Crippen MR) is 180 cm³/mol. The summed E-state index contributed by atoms with van der Waals surface area (Å²) in [6.45, 7) is 15.0. The van der Waals surface area contributed by atoms with Gasteiger partial charge in [-0.1, -0.05) is 29.4 Å². The van der Waals surface area contributed by atoms with E-state index in [2.05, 4.69) is 94.5 Å². The van der Waals surface area contributed by atoms with Crippen molar-refractivity contribution >= 4 is 81.8 Å². The topological polar surface area (TPSA) is 77.8 Å². The molecule has 39 heavy (non-hydrogen) atoms. The highest BCUT2D eigenvalue weighted by molar-refractivity contribution is 14.2. The lowest BCUT2D eigenvalue weighted by molar-refractivity contribution is -0.114. The van der Waals surface area contributed by atoms with Gasteiger partial charge in [-0.05, 0) is 50.8 Å². The van der Waals surface area contributed by atoms with Crippen molar-refractivity contribution in [3.8, 4) is 0 Å². The van der Waals surface area contributed by atoms with E-state index in [0.717, 1.165) is 89.9 Å². The minimum atomic E-state index is -0.0877. The maximum absolute atomic E-state index is 11.9. The van der Waals surface area contributed by atoms with Crippen LogP contribution in [0.5, 0.6) is 0 Å². The van der Waals surface area contributed by atoms with Crippen LogP contribution in [0.1, 0.15) is 69.3 Å². The first-order chi connectivity index (χ1) is 18.9. The molecule has 0 radical (unpaired) electrons. The quantitative estimate of drug-likeness (QED) is 0.195. The van der Waals surface area contributed by atoms with Crippen LogP contribution in [0.4, 0.5) is 11.5 Å². The van der Waals surface area contributed by atoms with Crippen molar-refractivity contribution in [2.75, 3.05) is 29.9 Å². The smallest absolute Gasteiger partial charge is 0.221 e. The van der Waals surface area contributed by atoms with E-state index in [-0.39, 0.29) is 11.9 Å². The van der Waals surface area contributed by atoms with Crippen LogP contribution in [-0.4, -0.2) is 51.1 Å². The number of nitrogens with one attached hydrogen (secondary N) is 2. The van der Waals surface area contributed by atoms with Crippen molar-refractivity contribution in [2.45, 2.75) is 70.4 Å². The molecule has 2 saturated heterocycles. The molecule has 2 fully saturated rings. The predicted octanol–water partition coefficient (Wildman–Crippen LogP) is 7.18. The molecular weight excluding hydrogens is 736 g/mol. The van der Waals surface area contributed by atoms with Gasteiger partial charge in [0.1, 0.15) is 5.82 Å². The molecule has 5 rings (SSSR count). The second-order valence-corrected chi connectivity index (χ2v) is 12.3. The number of aryl methyl sites for hydroxylation is 1. The SMILES string of the molecule is C=C(c1cc(SI)ccc1NC(C)=O)N1CCCC[C@H]1c1cc2nc(N3CC[C@H](NI)C3)c(C)cn2n1.CC. The molecule has 2 aromatic heterocycles. The van der Waals surface area contributed by atoms with Gasteiger partial charge in [0.25, 0.3) is 0 Å². The van der Waals surface area contributed by atoms with Crippen molar-refractivity contribution in [3.05, 3.63) is 53.9 Å². The Hall–Kier alpha value is -1.58. The van der Waals surface area contributed by atoms with Crippen LogP contribution in [0.25, 0.3) is 11.3 Å². The molecular formula is C28H37I2N7OS. The molecule has 2 N–H and O–H groups in total. The van der Waals surface area contributed by atoms with Gasteiger partial charge < -0.3 is 15.1 Å². The molecule has 0 saturated carbocycles. The van der Waals surface area contributed by atoms with Crippen LogP contribution in [0, 0.1) is 6.92 Å². The molecule has 0 spiro atoms. The fourth-order valence-corrected chi connectivity index (χ4v) is 6.98. The average molecular weight is 774 g/mol. The maximum Gasteiger partial charge on any atom is 0.221 e. The first-order valence-electron chi connectivity index (χ1n) is 13.5. The highest BCUT2D eigenvalue weighted by atomic mass is 127. The molecule has 0 aliphatic carbocycles. The van der Waals surface area contributed by atoms with Gasteiger partial charge in [-0.25, -0.2) is 9.50 Å². The number of piperidine rings is 1. The minimum absolute atomic E-state index is 0.0877. The van der Waals surface area contributed by atoms with Crippen molar-refractivity contribution in [3.63, 3.8) is 0 Å². The van der Waals surface area contributed by atoms with Gasteiger partial charge in [0.15, 0.2) is 5.65 Å². The highest BCUT2D eigenvalue weighted by Gasteiger charge is 2.30. The molecule has 1 aromatic carbocycles. The Morgan fingerprint density at radius 1 is 1.18 bits per heavy atom. The second kappa shape index (κ2) is 13.9. The molecule has 3 aromatic rings. The molecule has 210 valence electrons. The first kappa shape index (κ1) is 30.4. The number of fused-ring (bicyclic) bond motifs is 1. The molecule has 8 nitrogen and oxygen atoms in total. The lowest BCUT2D eigenvalue weighted by Crippen LogP contribution is -2.32. The maximum atomic E-state index is 11.9. The summed E-state index contributed by atoms with van der Waals surface area (Å²) in [6.07, 6.45) is 6.46. The van der Waals surface area contributed by atoms with Crippen molar-refractivity contribution < 1.29 is 4.79 Å². The summed E-state index contributed by atoms with van der Waals surface area (Å²) < 4.78 is 5.28. The Balaban J connectivity index is 0.00000172. The van der Waals surface area contributed by atoms with E-state index in [1.165, 1.54) is 6.92 Å². The van der Waals surface area contributed by atoms with E-state index in [4.69, 9.17) is 10.1 Å². The summed E-state index contributed by atoms with van der Waals surface area (Å²) >= 11 is 4.53. The Morgan fingerprint density at radius 2 is 1.97 bits per heavy atom. The van der Waals surface area contributed by atoms with Crippen LogP contribution < -0.4 is 13.7 Å². The number of hydrogen-bond donors (Lipinski definition) is 2. The molecule has 11 heteroatoms. The number of carbonyl (C=O) groups is 1. The Morgan fingerprint density at radius 3 is 2.67 bits per heavy atom. The average Bonchev–Trinajstić information content (AvgIpc) is 3.60. The van der Waals surface area contributed by atoms with E-state index in [1.807, 2.05) is 30.5 Å². The largest absolute Gasteiger partial charge is 0.363 e. The third kappa shape index (κ3) is 6.84. The van der Waals surface area contributed by atoms with Gasteiger partial charge in [-0.15, -0.1) is 0 Å². The molecule has 4 heterocycles. The molecule has 2 aliphatic heterocycles. The van der Waals surface area contributed by atoms with E-state index in [1.54, 1.807) is 8.93 Å². The van der Waals surface area contributed by atoms with Gasteiger partial charge in [-0.2, -0.15) is 5.10 Å². The second-order valence-electron chi connectivity index (χ2n) is 9.78. The monoisotopic (exact) mass is 773 g/mol. The molecule has 2 atom stereocenters. The summed E-state index contributed by atoms with van der Waals surface area (Å²) in [5.41, 5.74) is 5.68. The summed E-state index contributed by atoms with van der Waals surface area (Å²) in [4.78, 5) is 22.8. The number of anilines is 2.